The quantitative estimate of drug-likeness (QED) is 0.803. The van der Waals surface area contributed by atoms with Crippen molar-refractivity contribution in [2.45, 2.75) is 37.8 Å². The summed E-state index contributed by atoms with van der Waals surface area (Å²) in [5.74, 6) is -0.282. The van der Waals surface area contributed by atoms with Gasteiger partial charge in [-0.15, -0.1) is 0 Å². The van der Waals surface area contributed by atoms with Crippen molar-refractivity contribution >= 4 is 15.9 Å². The summed E-state index contributed by atoms with van der Waals surface area (Å²) >= 11 is 0. The van der Waals surface area contributed by atoms with Gasteiger partial charge in [0, 0.05) is 30.5 Å². The molecule has 1 atom stereocenters. The molecule has 1 aromatic carbocycles. The predicted octanol–water partition coefficient (Wildman–Crippen LogP) is 2.09. The Labute approximate surface area is 142 Å². The SMILES string of the molecule is CCC(C)NC(=O)c1cccc(S(=O)(=O)NCc2ccncc2)c1. The fraction of sp³-hybridized carbons (Fsp3) is 0.294. The molecule has 1 aromatic heterocycles. The predicted molar refractivity (Wildman–Crippen MR) is 91.9 cm³/mol. The van der Waals surface area contributed by atoms with Crippen molar-refractivity contribution in [1.82, 2.24) is 15.0 Å². The highest BCUT2D eigenvalue weighted by Crippen LogP contribution is 2.12. The van der Waals surface area contributed by atoms with Crippen LogP contribution in [0.1, 0.15) is 36.2 Å². The Bertz CT molecular complexity index is 792. The van der Waals surface area contributed by atoms with E-state index >= 15 is 0 Å². The second-order valence-electron chi connectivity index (χ2n) is 5.49. The van der Waals surface area contributed by atoms with E-state index in [0.717, 1.165) is 12.0 Å². The maximum Gasteiger partial charge on any atom is 0.251 e. The molecule has 1 heterocycles. The van der Waals surface area contributed by atoms with Crippen molar-refractivity contribution in [3.05, 3.63) is 59.9 Å². The summed E-state index contributed by atoms with van der Waals surface area (Å²) < 4.78 is 27.3. The topological polar surface area (TPSA) is 88.2 Å². The molecule has 7 heteroatoms. The lowest BCUT2D eigenvalue weighted by molar-refractivity contribution is 0.0939. The number of nitrogens with zero attached hydrogens (tertiary/aromatic N) is 1. The minimum atomic E-state index is -3.70. The summed E-state index contributed by atoms with van der Waals surface area (Å²) in [5.41, 5.74) is 1.13. The van der Waals surface area contributed by atoms with Gasteiger partial charge in [0.15, 0.2) is 0 Å². The van der Waals surface area contributed by atoms with E-state index in [1.165, 1.54) is 12.1 Å². The largest absolute Gasteiger partial charge is 0.350 e. The van der Waals surface area contributed by atoms with Gasteiger partial charge in [0.25, 0.3) is 5.91 Å². The normalized spacial score (nSPS) is 12.6. The van der Waals surface area contributed by atoms with Crippen LogP contribution in [0.25, 0.3) is 0 Å². The van der Waals surface area contributed by atoms with Crippen LogP contribution in [0, 0.1) is 0 Å². The number of rotatable bonds is 7. The maximum absolute atomic E-state index is 12.4. The maximum atomic E-state index is 12.4. The van der Waals surface area contributed by atoms with Crippen LogP contribution in [0.15, 0.2) is 53.7 Å². The van der Waals surface area contributed by atoms with Gasteiger partial charge < -0.3 is 5.32 Å². The van der Waals surface area contributed by atoms with E-state index in [1.807, 2.05) is 13.8 Å². The molecule has 0 aliphatic rings. The van der Waals surface area contributed by atoms with Gasteiger partial charge in [-0.1, -0.05) is 13.0 Å². The first kappa shape index (κ1) is 18.1. The molecule has 0 aliphatic carbocycles. The summed E-state index contributed by atoms with van der Waals surface area (Å²) in [4.78, 5) is 16.1. The van der Waals surface area contributed by atoms with Gasteiger partial charge in [-0.2, -0.15) is 0 Å². The van der Waals surface area contributed by atoms with Crippen molar-refractivity contribution in [3.63, 3.8) is 0 Å². The minimum absolute atomic E-state index is 0.0302. The third kappa shape index (κ3) is 4.87. The zero-order valence-corrected chi connectivity index (χ0v) is 14.5. The average molecular weight is 347 g/mol. The van der Waals surface area contributed by atoms with Crippen LogP contribution in [0.5, 0.6) is 0 Å². The molecule has 0 fully saturated rings. The molecule has 2 rings (SSSR count). The first-order chi connectivity index (χ1) is 11.4. The number of nitrogens with one attached hydrogen (secondary N) is 2. The second-order valence-corrected chi connectivity index (χ2v) is 7.26. The minimum Gasteiger partial charge on any atom is -0.350 e. The van der Waals surface area contributed by atoms with Crippen LogP contribution < -0.4 is 10.0 Å². The Morgan fingerprint density at radius 1 is 1.21 bits per heavy atom. The number of hydrogen-bond donors (Lipinski definition) is 2. The van der Waals surface area contributed by atoms with Crippen LogP contribution in [-0.2, 0) is 16.6 Å². The van der Waals surface area contributed by atoms with E-state index in [-0.39, 0.29) is 23.4 Å². The third-order valence-electron chi connectivity index (χ3n) is 3.61. The number of sulfonamides is 1. The van der Waals surface area contributed by atoms with Crippen LogP contribution in [0.2, 0.25) is 0 Å². The molecule has 0 spiro atoms. The lowest BCUT2D eigenvalue weighted by atomic mass is 10.2. The highest BCUT2D eigenvalue weighted by atomic mass is 32.2. The van der Waals surface area contributed by atoms with Gasteiger partial charge in [0.1, 0.15) is 0 Å². The summed E-state index contributed by atoms with van der Waals surface area (Å²) in [6.45, 7) is 4.03. The Kier molecular flexibility index (Phi) is 6.05. The van der Waals surface area contributed by atoms with Gasteiger partial charge in [-0.3, -0.25) is 9.78 Å². The molecule has 0 saturated heterocycles. The molecule has 2 N–H and O–H groups in total. The first-order valence-electron chi connectivity index (χ1n) is 7.72. The van der Waals surface area contributed by atoms with Gasteiger partial charge >= 0.3 is 0 Å². The Morgan fingerprint density at radius 2 is 1.92 bits per heavy atom. The van der Waals surface area contributed by atoms with E-state index in [4.69, 9.17) is 0 Å². The molecule has 1 amide bonds. The number of carbonyl (C=O) groups excluding carboxylic acids is 1. The van der Waals surface area contributed by atoms with E-state index in [1.54, 1.807) is 36.7 Å². The summed E-state index contributed by atoms with van der Waals surface area (Å²) in [6, 6.07) is 9.51. The molecule has 24 heavy (non-hydrogen) atoms. The third-order valence-corrected chi connectivity index (χ3v) is 5.01. The van der Waals surface area contributed by atoms with Crippen LogP contribution in [-0.4, -0.2) is 25.4 Å². The second kappa shape index (κ2) is 8.03. The zero-order valence-electron chi connectivity index (χ0n) is 13.7. The van der Waals surface area contributed by atoms with E-state index in [2.05, 4.69) is 15.0 Å². The molecule has 0 aliphatic heterocycles. The van der Waals surface area contributed by atoms with Crippen LogP contribution >= 0.6 is 0 Å². The number of amides is 1. The molecule has 1 unspecified atom stereocenters. The number of benzene rings is 1. The Balaban J connectivity index is 2.13. The van der Waals surface area contributed by atoms with E-state index < -0.39 is 10.0 Å². The lowest BCUT2D eigenvalue weighted by Crippen LogP contribution is -2.32. The monoisotopic (exact) mass is 347 g/mol. The van der Waals surface area contributed by atoms with Gasteiger partial charge in [0.05, 0.1) is 4.90 Å². The van der Waals surface area contributed by atoms with Crippen molar-refractivity contribution in [3.8, 4) is 0 Å². The van der Waals surface area contributed by atoms with E-state index in [0.29, 0.717) is 5.56 Å². The number of carbonyl (C=O) groups is 1. The van der Waals surface area contributed by atoms with Crippen LogP contribution in [0.4, 0.5) is 0 Å². The summed E-state index contributed by atoms with van der Waals surface area (Å²) in [6.07, 6.45) is 4.00. The molecular formula is C17H21N3O3S. The number of aromatic nitrogens is 1. The smallest absolute Gasteiger partial charge is 0.251 e. The molecule has 0 saturated carbocycles. The zero-order chi connectivity index (χ0) is 17.6. The van der Waals surface area contributed by atoms with Crippen molar-refractivity contribution < 1.29 is 13.2 Å². The molecule has 2 aromatic rings. The summed E-state index contributed by atoms with van der Waals surface area (Å²) in [5, 5.41) is 2.82. The fourth-order valence-electron chi connectivity index (χ4n) is 1.98. The van der Waals surface area contributed by atoms with Crippen molar-refractivity contribution in [2.24, 2.45) is 0 Å². The number of pyridine rings is 1. The fourth-order valence-corrected chi connectivity index (χ4v) is 3.04. The standard InChI is InChI=1S/C17H21N3O3S/c1-3-13(2)20-17(21)15-5-4-6-16(11-15)24(22,23)19-12-14-7-9-18-10-8-14/h4-11,13,19H,3,12H2,1-2H3,(H,20,21). The summed E-state index contributed by atoms with van der Waals surface area (Å²) in [7, 11) is -3.70. The molecule has 128 valence electrons. The Hall–Kier alpha value is -2.25. The van der Waals surface area contributed by atoms with E-state index in [9.17, 15) is 13.2 Å². The van der Waals surface area contributed by atoms with Gasteiger partial charge in [-0.05, 0) is 49.2 Å². The van der Waals surface area contributed by atoms with Crippen molar-refractivity contribution in [2.75, 3.05) is 0 Å². The Morgan fingerprint density at radius 3 is 2.58 bits per heavy atom. The lowest BCUT2D eigenvalue weighted by Gasteiger charge is -2.12. The average Bonchev–Trinajstić information content (AvgIpc) is 2.61. The highest BCUT2D eigenvalue weighted by Gasteiger charge is 2.16. The molecule has 6 nitrogen and oxygen atoms in total. The van der Waals surface area contributed by atoms with Gasteiger partial charge in [0.2, 0.25) is 10.0 Å². The molecular weight excluding hydrogens is 326 g/mol. The highest BCUT2D eigenvalue weighted by molar-refractivity contribution is 7.89. The molecule has 0 radical (unpaired) electrons. The molecule has 0 bridgehead atoms. The van der Waals surface area contributed by atoms with Gasteiger partial charge in [-0.25, -0.2) is 13.1 Å². The van der Waals surface area contributed by atoms with Crippen LogP contribution in [0.3, 0.4) is 0 Å². The number of hydrogen-bond acceptors (Lipinski definition) is 4. The van der Waals surface area contributed by atoms with Crippen molar-refractivity contribution in [1.29, 1.82) is 0 Å². The first-order valence-corrected chi connectivity index (χ1v) is 9.20.